The van der Waals surface area contributed by atoms with E-state index in [2.05, 4.69) is 10.3 Å². The molecule has 0 saturated heterocycles. The van der Waals surface area contributed by atoms with E-state index < -0.39 is 30.2 Å². The first-order chi connectivity index (χ1) is 8.31. The normalized spacial score (nSPS) is 11.9. The van der Waals surface area contributed by atoms with Crippen molar-refractivity contribution in [2.24, 2.45) is 5.73 Å². The highest BCUT2D eigenvalue weighted by Gasteiger charge is 2.24. The standard InChI is InChI=1S/C10H13N3O4S/c1-4-8(12-5(2)18-4)9(15)13-6(10(16)17)3-7(11)14/h6H,3H2,1-2H3,(H2,11,14)(H,13,15)(H,16,17)/t6-/m0/s1. The van der Waals surface area contributed by atoms with Crippen molar-refractivity contribution in [3.05, 3.63) is 15.6 Å². The number of nitrogens with two attached hydrogens (primary N) is 1. The number of hydrogen-bond acceptors (Lipinski definition) is 5. The topological polar surface area (TPSA) is 122 Å². The predicted octanol–water partition coefficient (Wildman–Crippen LogP) is -0.182. The fourth-order valence-electron chi connectivity index (χ4n) is 1.37. The van der Waals surface area contributed by atoms with Gasteiger partial charge in [0.25, 0.3) is 5.91 Å². The number of carbonyl (C=O) groups excluding carboxylic acids is 2. The van der Waals surface area contributed by atoms with Gasteiger partial charge in [-0.1, -0.05) is 0 Å². The first kappa shape index (κ1) is 14.1. The Balaban J connectivity index is 2.81. The summed E-state index contributed by atoms with van der Waals surface area (Å²) in [5, 5.41) is 11.8. The van der Waals surface area contributed by atoms with E-state index >= 15 is 0 Å². The number of hydrogen-bond donors (Lipinski definition) is 3. The molecule has 1 aromatic rings. The number of carbonyl (C=O) groups is 3. The van der Waals surface area contributed by atoms with E-state index in [0.29, 0.717) is 9.88 Å². The van der Waals surface area contributed by atoms with Crippen LogP contribution in [-0.2, 0) is 9.59 Å². The van der Waals surface area contributed by atoms with Crippen LogP contribution in [0.4, 0.5) is 0 Å². The Kier molecular flexibility index (Phi) is 4.38. The minimum atomic E-state index is -1.34. The van der Waals surface area contributed by atoms with E-state index in [4.69, 9.17) is 10.8 Å². The van der Waals surface area contributed by atoms with Gasteiger partial charge in [-0.25, -0.2) is 9.78 Å². The molecule has 1 aromatic heterocycles. The first-order valence-corrected chi connectivity index (χ1v) is 5.89. The van der Waals surface area contributed by atoms with Crippen molar-refractivity contribution in [2.75, 3.05) is 0 Å². The van der Waals surface area contributed by atoms with Gasteiger partial charge in [0.2, 0.25) is 5.91 Å². The molecule has 8 heteroatoms. The molecular formula is C10H13N3O4S. The lowest BCUT2D eigenvalue weighted by atomic mass is 10.2. The van der Waals surface area contributed by atoms with E-state index in [0.717, 1.165) is 0 Å². The highest BCUT2D eigenvalue weighted by molar-refractivity contribution is 7.11. The second kappa shape index (κ2) is 5.58. The lowest BCUT2D eigenvalue weighted by Gasteiger charge is -2.11. The Hall–Kier alpha value is -1.96. The van der Waals surface area contributed by atoms with Crippen LogP contribution >= 0.6 is 11.3 Å². The predicted molar refractivity (Wildman–Crippen MR) is 64.3 cm³/mol. The number of carboxylic acids is 1. The molecule has 1 atom stereocenters. The number of nitrogens with one attached hydrogen (secondary N) is 1. The number of thiazole rings is 1. The molecule has 0 bridgehead atoms. The molecule has 98 valence electrons. The number of aromatic nitrogens is 1. The van der Waals surface area contributed by atoms with Crippen LogP contribution in [-0.4, -0.2) is 33.9 Å². The van der Waals surface area contributed by atoms with Crippen LogP contribution in [0.5, 0.6) is 0 Å². The maximum atomic E-state index is 11.8. The maximum Gasteiger partial charge on any atom is 0.326 e. The van der Waals surface area contributed by atoms with Gasteiger partial charge in [0, 0.05) is 4.88 Å². The molecule has 0 aromatic carbocycles. The third-order valence-corrected chi connectivity index (χ3v) is 3.01. The van der Waals surface area contributed by atoms with Crippen LogP contribution in [0.25, 0.3) is 0 Å². The van der Waals surface area contributed by atoms with Crippen LogP contribution in [0.2, 0.25) is 0 Å². The molecule has 2 amide bonds. The van der Waals surface area contributed by atoms with E-state index in [-0.39, 0.29) is 5.69 Å². The highest BCUT2D eigenvalue weighted by Crippen LogP contribution is 2.16. The lowest BCUT2D eigenvalue weighted by Crippen LogP contribution is -2.43. The number of aryl methyl sites for hydroxylation is 2. The van der Waals surface area contributed by atoms with Gasteiger partial charge in [0.05, 0.1) is 11.4 Å². The smallest absolute Gasteiger partial charge is 0.326 e. The summed E-state index contributed by atoms with van der Waals surface area (Å²) < 4.78 is 0. The number of amides is 2. The van der Waals surface area contributed by atoms with Gasteiger partial charge in [-0.05, 0) is 13.8 Å². The van der Waals surface area contributed by atoms with Gasteiger partial charge in [-0.3, -0.25) is 9.59 Å². The summed E-state index contributed by atoms with van der Waals surface area (Å²) >= 11 is 1.34. The molecule has 0 spiro atoms. The molecule has 4 N–H and O–H groups in total. The summed E-state index contributed by atoms with van der Waals surface area (Å²) in [5.74, 6) is -2.73. The van der Waals surface area contributed by atoms with Gasteiger partial charge in [0.15, 0.2) is 0 Å². The lowest BCUT2D eigenvalue weighted by molar-refractivity contribution is -0.140. The van der Waals surface area contributed by atoms with Crippen LogP contribution < -0.4 is 11.1 Å². The van der Waals surface area contributed by atoms with Crippen molar-refractivity contribution in [3.63, 3.8) is 0 Å². The van der Waals surface area contributed by atoms with E-state index in [1.165, 1.54) is 11.3 Å². The van der Waals surface area contributed by atoms with Gasteiger partial charge in [-0.15, -0.1) is 11.3 Å². The Morgan fingerprint density at radius 1 is 1.44 bits per heavy atom. The molecular weight excluding hydrogens is 258 g/mol. The molecule has 0 aliphatic heterocycles. The average molecular weight is 271 g/mol. The molecule has 0 radical (unpaired) electrons. The summed E-state index contributed by atoms with van der Waals surface area (Å²) in [5.41, 5.74) is 5.09. The third kappa shape index (κ3) is 3.52. The molecule has 18 heavy (non-hydrogen) atoms. The molecule has 0 aliphatic rings. The molecule has 0 aliphatic carbocycles. The number of rotatable bonds is 5. The molecule has 0 fully saturated rings. The Bertz CT molecular complexity index is 497. The van der Waals surface area contributed by atoms with Crippen molar-refractivity contribution in [3.8, 4) is 0 Å². The number of carboxylic acid groups (broad SMARTS) is 1. The van der Waals surface area contributed by atoms with Crippen LogP contribution in [0.15, 0.2) is 0 Å². The average Bonchev–Trinajstić information content (AvgIpc) is 2.56. The van der Waals surface area contributed by atoms with Gasteiger partial charge < -0.3 is 16.2 Å². The quantitative estimate of drug-likeness (QED) is 0.685. The van der Waals surface area contributed by atoms with Crippen molar-refractivity contribution < 1.29 is 19.5 Å². The number of aliphatic carboxylic acids is 1. The minimum Gasteiger partial charge on any atom is -0.480 e. The third-order valence-electron chi connectivity index (χ3n) is 2.13. The Labute approximate surface area is 107 Å². The Morgan fingerprint density at radius 2 is 2.06 bits per heavy atom. The van der Waals surface area contributed by atoms with E-state index in [1.807, 2.05) is 0 Å². The summed E-state index contributed by atoms with van der Waals surface area (Å²) in [7, 11) is 0. The second-order valence-electron chi connectivity index (χ2n) is 3.67. The number of nitrogens with zero attached hydrogens (tertiary/aromatic N) is 1. The second-order valence-corrected chi connectivity index (χ2v) is 5.08. The van der Waals surface area contributed by atoms with Crippen molar-refractivity contribution >= 4 is 29.1 Å². The van der Waals surface area contributed by atoms with E-state index in [9.17, 15) is 14.4 Å². The summed E-state index contributed by atoms with van der Waals surface area (Å²) in [4.78, 5) is 38.0. The minimum absolute atomic E-state index is 0.174. The molecule has 1 rings (SSSR count). The zero-order chi connectivity index (χ0) is 13.9. The Morgan fingerprint density at radius 3 is 2.44 bits per heavy atom. The van der Waals surface area contributed by atoms with Gasteiger partial charge >= 0.3 is 5.97 Å². The van der Waals surface area contributed by atoms with Crippen molar-refractivity contribution in [1.29, 1.82) is 0 Å². The first-order valence-electron chi connectivity index (χ1n) is 5.07. The monoisotopic (exact) mass is 271 g/mol. The molecule has 0 unspecified atom stereocenters. The molecule has 1 heterocycles. The maximum absolute atomic E-state index is 11.8. The van der Waals surface area contributed by atoms with E-state index in [1.54, 1.807) is 13.8 Å². The van der Waals surface area contributed by atoms with Crippen LogP contribution in [0, 0.1) is 13.8 Å². The molecule has 7 nitrogen and oxygen atoms in total. The summed E-state index contributed by atoms with van der Waals surface area (Å²) in [6, 6.07) is -1.34. The summed E-state index contributed by atoms with van der Waals surface area (Å²) in [6.07, 6.45) is -0.455. The largest absolute Gasteiger partial charge is 0.480 e. The fourth-order valence-corrected chi connectivity index (χ4v) is 2.18. The highest BCUT2D eigenvalue weighted by atomic mass is 32.1. The fraction of sp³-hybridized carbons (Fsp3) is 0.400. The van der Waals surface area contributed by atoms with Crippen LogP contribution in [0.3, 0.4) is 0 Å². The van der Waals surface area contributed by atoms with Gasteiger partial charge in [-0.2, -0.15) is 0 Å². The van der Waals surface area contributed by atoms with Gasteiger partial charge in [0.1, 0.15) is 11.7 Å². The number of primary amides is 1. The molecule has 0 saturated carbocycles. The van der Waals surface area contributed by atoms with Crippen molar-refractivity contribution in [2.45, 2.75) is 26.3 Å². The zero-order valence-corrected chi connectivity index (χ0v) is 10.7. The SMILES string of the molecule is Cc1nc(C(=O)N[C@@H](CC(N)=O)C(=O)O)c(C)s1. The van der Waals surface area contributed by atoms with Crippen LogP contribution in [0.1, 0.15) is 26.8 Å². The zero-order valence-electron chi connectivity index (χ0n) is 9.89. The van der Waals surface area contributed by atoms with Crippen molar-refractivity contribution in [1.82, 2.24) is 10.3 Å². The summed E-state index contributed by atoms with van der Waals surface area (Å²) in [6.45, 7) is 3.45.